The minimum atomic E-state index is -0.700. The third kappa shape index (κ3) is 5.39. The number of carbonyl (C=O) groups excluding carboxylic acids is 2. The maximum absolute atomic E-state index is 12.5. The number of rotatable bonds is 6. The van der Waals surface area contributed by atoms with E-state index in [1.54, 1.807) is 55.5 Å². The van der Waals surface area contributed by atoms with Crippen molar-refractivity contribution in [1.29, 1.82) is 0 Å². The number of nitrogens with one attached hydrogen (secondary N) is 2. The molecule has 1 atom stereocenters. The highest BCUT2D eigenvalue weighted by Gasteiger charge is 2.16. The Bertz CT molecular complexity index is 1060. The van der Waals surface area contributed by atoms with Crippen molar-refractivity contribution in [1.82, 2.24) is 0 Å². The lowest BCUT2D eigenvalue weighted by molar-refractivity contribution is -0.122. The number of halogens is 1. The molecular weight excluding hydrogens is 400 g/mol. The van der Waals surface area contributed by atoms with E-state index in [9.17, 15) is 9.59 Å². The maximum Gasteiger partial charge on any atom is 0.265 e. The lowest BCUT2D eigenvalue weighted by Gasteiger charge is -2.16. The fourth-order valence-corrected chi connectivity index (χ4v) is 3.07. The van der Waals surface area contributed by atoms with Crippen LogP contribution in [-0.2, 0) is 4.79 Å². The Hall–Kier alpha value is -3.31. The number of carbonyl (C=O) groups is 2. The first-order chi connectivity index (χ1) is 14.3. The van der Waals surface area contributed by atoms with Crippen LogP contribution in [0.1, 0.15) is 28.4 Å². The number of benzene rings is 3. The van der Waals surface area contributed by atoms with E-state index in [0.717, 1.165) is 16.8 Å². The SMILES string of the molecule is Cc1ccc(NC(=O)[C@@H](C)Oc2ccc(C(=O)Nc3ccccc3Cl)cc2)c(C)c1. The number of anilines is 2. The van der Waals surface area contributed by atoms with Crippen LogP contribution in [0.15, 0.2) is 66.7 Å². The molecule has 0 aromatic heterocycles. The van der Waals surface area contributed by atoms with E-state index < -0.39 is 6.10 Å². The lowest BCUT2D eigenvalue weighted by atomic mass is 10.1. The van der Waals surface area contributed by atoms with Crippen LogP contribution in [0, 0.1) is 13.8 Å². The van der Waals surface area contributed by atoms with Crippen molar-refractivity contribution in [3.8, 4) is 5.75 Å². The first-order valence-electron chi connectivity index (χ1n) is 9.54. The Labute approximate surface area is 181 Å². The first kappa shape index (κ1) is 21.4. The van der Waals surface area contributed by atoms with Crippen molar-refractivity contribution in [3.63, 3.8) is 0 Å². The van der Waals surface area contributed by atoms with Crippen LogP contribution in [0.2, 0.25) is 5.02 Å². The highest BCUT2D eigenvalue weighted by atomic mass is 35.5. The molecule has 0 heterocycles. The van der Waals surface area contributed by atoms with Gasteiger partial charge < -0.3 is 15.4 Å². The summed E-state index contributed by atoms with van der Waals surface area (Å²) in [5.74, 6) is -0.0367. The summed E-state index contributed by atoms with van der Waals surface area (Å²) < 4.78 is 5.72. The summed E-state index contributed by atoms with van der Waals surface area (Å²) in [6, 6.07) is 19.4. The number of para-hydroxylation sites is 1. The molecule has 0 unspecified atom stereocenters. The fourth-order valence-electron chi connectivity index (χ4n) is 2.89. The Balaban J connectivity index is 1.59. The second-order valence-electron chi connectivity index (χ2n) is 7.03. The molecule has 154 valence electrons. The average molecular weight is 423 g/mol. The van der Waals surface area contributed by atoms with Crippen LogP contribution in [0.5, 0.6) is 5.75 Å². The van der Waals surface area contributed by atoms with Gasteiger partial charge in [-0.15, -0.1) is 0 Å². The normalized spacial score (nSPS) is 11.5. The van der Waals surface area contributed by atoms with Gasteiger partial charge in [0, 0.05) is 11.3 Å². The van der Waals surface area contributed by atoms with E-state index in [4.69, 9.17) is 16.3 Å². The summed E-state index contributed by atoms with van der Waals surface area (Å²) in [6.07, 6.45) is -0.700. The Morgan fingerprint density at radius 1 is 0.900 bits per heavy atom. The molecule has 30 heavy (non-hydrogen) atoms. The van der Waals surface area contributed by atoms with Gasteiger partial charge in [0.25, 0.3) is 11.8 Å². The van der Waals surface area contributed by atoms with Gasteiger partial charge >= 0.3 is 0 Å². The molecule has 3 aromatic rings. The lowest BCUT2D eigenvalue weighted by Crippen LogP contribution is -2.30. The summed E-state index contributed by atoms with van der Waals surface area (Å²) >= 11 is 6.07. The molecule has 2 amide bonds. The third-order valence-electron chi connectivity index (χ3n) is 4.56. The number of hydrogen-bond donors (Lipinski definition) is 2. The molecule has 0 bridgehead atoms. The zero-order chi connectivity index (χ0) is 21.7. The van der Waals surface area contributed by atoms with E-state index in [-0.39, 0.29) is 11.8 Å². The predicted octanol–water partition coefficient (Wildman–Crippen LogP) is 5.62. The molecule has 0 fully saturated rings. The van der Waals surface area contributed by atoms with Crippen molar-refractivity contribution >= 4 is 34.8 Å². The monoisotopic (exact) mass is 422 g/mol. The fraction of sp³-hybridized carbons (Fsp3) is 0.167. The molecule has 0 radical (unpaired) electrons. The van der Waals surface area contributed by atoms with E-state index in [1.165, 1.54) is 0 Å². The van der Waals surface area contributed by atoms with Crippen LogP contribution in [0.25, 0.3) is 0 Å². The van der Waals surface area contributed by atoms with Crippen LogP contribution < -0.4 is 15.4 Å². The van der Waals surface area contributed by atoms with E-state index in [1.807, 2.05) is 32.0 Å². The van der Waals surface area contributed by atoms with Crippen molar-refractivity contribution in [2.45, 2.75) is 26.9 Å². The van der Waals surface area contributed by atoms with Crippen molar-refractivity contribution in [2.75, 3.05) is 10.6 Å². The summed E-state index contributed by atoms with van der Waals surface area (Å²) in [5.41, 5.74) is 3.88. The van der Waals surface area contributed by atoms with Crippen LogP contribution in [0.3, 0.4) is 0 Å². The summed E-state index contributed by atoms with van der Waals surface area (Å²) in [7, 11) is 0. The molecule has 0 saturated heterocycles. The Kier molecular flexibility index (Phi) is 6.75. The average Bonchev–Trinajstić information content (AvgIpc) is 2.72. The minimum Gasteiger partial charge on any atom is -0.481 e. The minimum absolute atomic E-state index is 0.248. The predicted molar refractivity (Wildman–Crippen MR) is 120 cm³/mol. The second kappa shape index (κ2) is 9.46. The molecule has 0 aliphatic heterocycles. The molecule has 2 N–H and O–H groups in total. The molecule has 0 spiro atoms. The Morgan fingerprint density at radius 2 is 1.60 bits per heavy atom. The molecular formula is C24H23ClN2O3. The maximum atomic E-state index is 12.5. The zero-order valence-corrected chi connectivity index (χ0v) is 17.8. The standard InChI is InChI=1S/C24H23ClN2O3/c1-15-8-13-21(16(2)14-15)26-23(28)17(3)30-19-11-9-18(10-12-19)24(29)27-22-7-5-4-6-20(22)25/h4-14,17H,1-3H3,(H,26,28)(H,27,29)/t17-/m1/s1. The van der Waals surface area contributed by atoms with Gasteiger partial charge in [0.05, 0.1) is 10.7 Å². The van der Waals surface area contributed by atoms with E-state index in [0.29, 0.717) is 22.0 Å². The second-order valence-corrected chi connectivity index (χ2v) is 7.43. The van der Waals surface area contributed by atoms with Gasteiger partial charge in [-0.1, -0.05) is 41.4 Å². The molecule has 3 rings (SSSR count). The summed E-state index contributed by atoms with van der Waals surface area (Å²) in [5, 5.41) is 6.11. The van der Waals surface area contributed by atoms with Crippen molar-refractivity contribution in [2.24, 2.45) is 0 Å². The molecule has 6 heteroatoms. The smallest absolute Gasteiger partial charge is 0.265 e. The molecule has 3 aromatic carbocycles. The molecule has 5 nitrogen and oxygen atoms in total. The highest BCUT2D eigenvalue weighted by Crippen LogP contribution is 2.22. The van der Waals surface area contributed by atoms with Crippen molar-refractivity contribution in [3.05, 3.63) is 88.4 Å². The Morgan fingerprint density at radius 3 is 2.27 bits per heavy atom. The molecule has 0 aliphatic rings. The third-order valence-corrected chi connectivity index (χ3v) is 4.89. The van der Waals surface area contributed by atoms with Crippen LogP contribution in [-0.4, -0.2) is 17.9 Å². The van der Waals surface area contributed by atoms with Crippen LogP contribution in [0.4, 0.5) is 11.4 Å². The topological polar surface area (TPSA) is 67.4 Å². The van der Waals surface area contributed by atoms with Gasteiger partial charge in [0.2, 0.25) is 0 Å². The number of hydrogen-bond acceptors (Lipinski definition) is 3. The van der Waals surface area contributed by atoms with Gasteiger partial charge in [0.1, 0.15) is 5.75 Å². The summed E-state index contributed by atoms with van der Waals surface area (Å²) in [4.78, 5) is 24.8. The van der Waals surface area contributed by atoms with E-state index in [2.05, 4.69) is 10.6 Å². The van der Waals surface area contributed by atoms with Crippen molar-refractivity contribution < 1.29 is 14.3 Å². The van der Waals surface area contributed by atoms with Crippen LogP contribution >= 0.6 is 11.6 Å². The molecule has 0 saturated carbocycles. The first-order valence-corrected chi connectivity index (χ1v) is 9.92. The number of aryl methyl sites for hydroxylation is 2. The number of amides is 2. The van der Waals surface area contributed by atoms with E-state index >= 15 is 0 Å². The van der Waals surface area contributed by atoms with Gasteiger partial charge in [-0.2, -0.15) is 0 Å². The molecule has 0 aliphatic carbocycles. The largest absolute Gasteiger partial charge is 0.481 e. The number of ether oxygens (including phenoxy) is 1. The summed E-state index contributed by atoms with van der Waals surface area (Å²) in [6.45, 7) is 5.63. The quantitative estimate of drug-likeness (QED) is 0.542. The zero-order valence-electron chi connectivity index (χ0n) is 17.0. The van der Waals surface area contributed by atoms with Gasteiger partial charge in [0.15, 0.2) is 6.10 Å². The highest BCUT2D eigenvalue weighted by molar-refractivity contribution is 6.33. The van der Waals surface area contributed by atoms with Gasteiger partial charge in [-0.05, 0) is 68.8 Å². The van der Waals surface area contributed by atoms with Gasteiger partial charge in [-0.3, -0.25) is 9.59 Å². The van der Waals surface area contributed by atoms with Gasteiger partial charge in [-0.25, -0.2) is 0 Å².